The van der Waals surface area contributed by atoms with Gasteiger partial charge in [0.15, 0.2) is 0 Å². The quantitative estimate of drug-likeness (QED) is 0.585. The average Bonchev–Trinajstić information content (AvgIpc) is 2.84. The molecule has 0 aliphatic carbocycles. The van der Waals surface area contributed by atoms with E-state index in [1.165, 1.54) is 16.3 Å². The van der Waals surface area contributed by atoms with Gasteiger partial charge in [0.1, 0.15) is 0 Å². The van der Waals surface area contributed by atoms with Crippen molar-refractivity contribution in [2.75, 3.05) is 44.6 Å². The molecule has 1 aliphatic rings. The van der Waals surface area contributed by atoms with Crippen LogP contribution in [-0.2, 0) is 9.59 Å². The van der Waals surface area contributed by atoms with E-state index in [1.807, 2.05) is 48.2 Å². The molecular formula is C27H32N4O2. The zero-order chi connectivity index (χ0) is 23.2. The normalized spacial score (nSPS) is 15.4. The summed E-state index contributed by atoms with van der Waals surface area (Å²) in [5, 5.41) is 8.75. The van der Waals surface area contributed by atoms with Gasteiger partial charge in [0.25, 0.3) is 0 Å². The minimum absolute atomic E-state index is 0.0239. The van der Waals surface area contributed by atoms with E-state index in [9.17, 15) is 9.59 Å². The smallest absolute Gasteiger partial charge is 0.238 e. The molecule has 172 valence electrons. The minimum atomic E-state index is -0.0239. The Morgan fingerprint density at radius 3 is 2.36 bits per heavy atom. The van der Waals surface area contributed by atoms with E-state index < -0.39 is 0 Å². The van der Waals surface area contributed by atoms with Crippen LogP contribution < -0.4 is 10.6 Å². The van der Waals surface area contributed by atoms with Crippen LogP contribution in [0.5, 0.6) is 0 Å². The molecule has 0 aromatic heterocycles. The van der Waals surface area contributed by atoms with Crippen LogP contribution in [0.3, 0.4) is 0 Å². The van der Waals surface area contributed by atoms with Crippen molar-refractivity contribution in [3.05, 3.63) is 77.9 Å². The summed E-state index contributed by atoms with van der Waals surface area (Å²) in [5.74, 6) is 0.0788. The van der Waals surface area contributed by atoms with E-state index in [1.54, 1.807) is 0 Å². The second kappa shape index (κ2) is 10.6. The van der Waals surface area contributed by atoms with Gasteiger partial charge in [0, 0.05) is 37.9 Å². The van der Waals surface area contributed by atoms with E-state index >= 15 is 0 Å². The Hall–Kier alpha value is -3.22. The summed E-state index contributed by atoms with van der Waals surface area (Å²) in [5.41, 5.74) is 3.17. The highest BCUT2D eigenvalue weighted by atomic mass is 16.2. The average molecular weight is 445 g/mol. The van der Waals surface area contributed by atoms with Crippen LogP contribution in [0.4, 0.5) is 5.69 Å². The third-order valence-electron chi connectivity index (χ3n) is 6.28. The van der Waals surface area contributed by atoms with Crippen LogP contribution in [0.15, 0.2) is 66.7 Å². The number of carbonyl (C=O) groups excluding carboxylic acids is 2. The molecule has 1 saturated heterocycles. The molecule has 33 heavy (non-hydrogen) atoms. The molecule has 1 atom stereocenters. The molecule has 1 heterocycles. The maximum atomic E-state index is 12.8. The van der Waals surface area contributed by atoms with E-state index in [-0.39, 0.29) is 17.9 Å². The van der Waals surface area contributed by atoms with E-state index in [4.69, 9.17) is 0 Å². The molecule has 2 amide bonds. The Morgan fingerprint density at radius 2 is 1.61 bits per heavy atom. The zero-order valence-electron chi connectivity index (χ0n) is 19.4. The van der Waals surface area contributed by atoms with Crippen LogP contribution in [0.2, 0.25) is 0 Å². The number of carbonyl (C=O) groups is 2. The van der Waals surface area contributed by atoms with E-state index in [0.29, 0.717) is 39.3 Å². The molecule has 6 nitrogen and oxygen atoms in total. The van der Waals surface area contributed by atoms with Crippen LogP contribution in [-0.4, -0.2) is 60.9 Å². The number of amides is 2. The lowest BCUT2D eigenvalue weighted by atomic mass is 10.00. The predicted molar refractivity (Wildman–Crippen MR) is 133 cm³/mol. The molecule has 0 radical (unpaired) electrons. The Balaban J connectivity index is 1.22. The number of piperazine rings is 1. The first-order chi connectivity index (χ1) is 16.0. The number of anilines is 1. The van der Waals surface area contributed by atoms with Gasteiger partial charge >= 0.3 is 0 Å². The lowest BCUT2D eigenvalue weighted by Crippen LogP contribution is -2.52. The summed E-state index contributed by atoms with van der Waals surface area (Å²) in [4.78, 5) is 29.1. The highest BCUT2D eigenvalue weighted by molar-refractivity contribution is 5.92. The molecule has 0 spiro atoms. The van der Waals surface area contributed by atoms with Crippen LogP contribution in [0.25, 0.3) is 10.8 Å². The summed E-state index contributed by atoms with van der Waals surface area (Å²) in [6, 6.07) is 22.5. The molecule has 1 aliphatic heterocycles. The third kappa shape index (κ3) is 5.97. The van der Waals surface area contributed by atoms with Crippen molar-refractivity contribution < 1.29 is 9.59 Å². The van der Waals surface area contributed by atoms with E-state index in [0.717, 1.165) is 11.3 Å². The fourth-order valence-electron chi connectivity index (χ4n) is 4.29. The standard InChI is InChI=1S/C27H32N4O2/c1-20-10-12-23(13-11-20)29-26(32)19-30-14-16-31(17-15-30)27(33)18-28-21(2)24-9-5-7-22-6-3-4-8-25(22)24/h3-13,21,28H,14-19H2,1-2H3,(H,29,32)/t21-/m1/s1. The van der Waals surface area contributed by atoms with Crippen molar-refractivity contribution in [1.82, 2.24) is 15.1 Å². The van der Waals surface area contributed by atoms with Crippen LogP contribution >= 0.6 is 0 Å². The topological polar surface area (TPSA) is 64.7 Å². The molecule has 1 fully saturated rings. The molecule has 4 rings (SSSR count). The first kappa shape index (κ1) is 23.0. The van der Waals surface area contributed by atoms with Crippen molar-refractivity contribution in [2.45, 2.75) is 19.9 Å². The third-order valence-corrected chi connectivity index (χ3v) is 6.28. The molecule has 3 aromatic carbocycles. The number of fused-ring (bicyclic) bond motifs is 1. The lowest BCUT2D eigenvalue weighted by Gasteiger charge is -2.34. The molecule has 0 unspecified atom stereocenters. The Labute approximate surface area is 195 Å². The SMILES string of the molecule is Cc1ccc(NC(=O)CN2CCN(C(=O)CN[C@H](C)c3cccc4ccccc34)CC2)cc1. The number of aryl methyl sites for hydroxylation is 1. The number of benzene rings is 3. The van der Waals surface area contributed by atoms with Gasteiger partial charge in [-0.05, 0) is 42.3 Å². The molecule has 0 bridgehead atoms. The molecule has 6 heteroatoms. The fourth-order valence-corrected chi connectivity index (χ4v) is 4.29. The number of nitrogens with one attached hydrogen (secondary N) is 2. The monoisotopic (exact) mass is 444 g/mol. The molecule has 3 aromatic rings. The Morgan fingerprint density at radius 1 is 0.909 bits per heavy atom. The highest BCUT2D eigenvalue weighted by Gasteiger charge is 2.23. The summed E-state index contributed by atoms with van der Waals surface area (Å²) < 4.78 is 0. The highest BCUT2D eigenvalue weighted by Crippen LogP contribution is 2.24. The van der Waals surface area contributed by atoms with Crippen LogP contribution in [0.1, 0.15) is 24.1 Å². The second-order valence-corrected chi connectivity index (χ2v) is 8.74. The van der Waals surface area contributed by atoms with Crippen LogP contribution in [0, 0.1) is 6.92 Å². The minimum Gasteiger partial charge on any atom is -0.339 e. The second-order valence-electron chi connectivity index (χ2n) is 8.74. The van der Waals surface area contributed by atoms with Gasteiger partial charge in [-0.3, -0.25) is 14.5 Å². The lowest BCUT2D eigenvalue weighted by molar-refractivity contribution is -0.132. The van der Waals surface area contributed by atoms with Gasteiger partial charge in [-0.1, -0.05) is 60.2 Å². The van der Waals surface area contributed by atoms with Gasteiger partial charge in [-0.25, -0.2) is 0 Å². The first-order valence-corrected chi connectivity index (χ1v) is 11.6. The molecule has 2 N–H and O–H groups in total. The largest absolute Gasteiger partial charge is 0.339 e. The van der Waals surface area contributed by atoms with Gasteiger partial charge in [-0.15, -0.1) is 0 Å². The predicted octanol–water partition coefficient (Wildman–Crippen LogP) is 3.58. The van der Waals surface area contributed by atoms with Gasteiger partial charge in [0.2, 0.25) is 11.8 Å². The maximum Gasteiger partial charge on any atom is 0.238 e. The van der Waals surface area contributed by atoms with E-state index in [2.05, 4.69) is 52.8 Å². The number of hydrogen-bond acceptors (Lipinski definition) is 4. The number of nitrogens with zero attached hydrogens (tertiary/aromatic N) is 2. The van der Waals surface area contributed by atoms with Crippen molar-refractivity contribution >= 4 is 28.3 Å². The Bertz CT molecular complexity index is 1100. The summed E-state index contributed by atoms with van der Waals surface area (Å²) in [6.07, 6.45) is 0. The van der Waals surface area contributed by atoms with Gasteiger partial charge < -0.3 is 15.5 Å². The van der Waals surface area contributed by atoms with Crippen molar-refractivity contribution in [1.29, 1.82) is 0 Å². The van der Waals surface area contributed by atoms with Crippen molar-refractivity contribution in [3.8, 4) is 0 Å². The first-order valence-electron chi connectivity index (χ1n) is 11.6. The van der Waals surface area contributed by atoms with Crippen molar-refractivity contribution in [2.24, 2.45) is 0 Å². The number of hydrogen-bond donors (Lipinski definition) is 2. The zero-order valence-corrected chi connectivity index (χ0v) is 19.4. The molecule has 0 saturated carbocycles. The summed E-state index contributed by atoms with van der Waals surface area (Å²) in [7, 11) is 0. The molecular weight excluding hydrogens is 412 g/mol. The maximum absolute atomic E-state index is 12.8. The van der Waals surface area contributed by atoms with Gasteiger partial charge in [0.05, 0.1) is 13.1 Å². The van der Waals surface area contributed by atoms with Crippen molar-refractivity contribution in [3.63, 3.8) is 0 Å². The summed E-state index contributed by atoms with van der Waals surface area (Å²) in [6.45, 7) is 7.44. The summed E-state index contributed by atoms with van der Waals surface area (Å²) >= 11 is 0. The fraction of sp³-hybridized carbons (Fsp3) is 0.333. The Kier molecular flexibility index (Phi) is 7.37. The van der Waals surface area contributed by atoms with Gasteiger partial charge in [-0.2, -0.15) is 0 Å². The number of rotatable bonds is 7.